The molecule has 176 valence electrons. The lowest BCUT2D eigenvalue weighted by molar-refractivity contribution is -0.118. The van der Waals surface area contributed by atoms with E-state index in [0.29, 0.717) is 27.5 Å². The fourth-order valence-electron chi connectivity index (χ4n) is 2.93. The van der Waals surface area contributed by atoms with E-state index in [1.165, 1.54) is 17.3 Å². The Morgan fingerprint density at radius 1 is 1.21 bits per heavy atom. The van der Waals surface area contributed by atoms with Crippen molar-refractivity contribution in [3.63, 3.8) is 0 Å². The molecule has 11 heteroatoms. The number of nitrogens with two attached hydrogens (primary N) is 1. The number of carbonyl (C=O) groups is 2. The molecule has 3 N–H and O–H groups in total. The number of amides is 1. The highest BCUT2D eigenvalue weighted by Gasteiger charge is 2.24. The average Bonchev–Trinajstić information content (AvgIpc) is 3.34. The molecule has 2 heterocycles. The number of nitrogens with zero attached hydrogens (tertiary/aromatic N) is 4. The van der Waals surface area contributed by atoms with Gasteiger partial charge in [0.1, 0.15) is 10.9 Å². The molecular formula is C22H28N6O3S2. The topological polar surface area (TPSA) is 125 Å². The molecule has 0 saturated carbocycles. The molecule has 0 radical (unpaired) electrons. The van der Waals surface area contributed by atoms with Crippen molar-refractivity contribution in [2.45, 2.75) is 45.3 Å². The van der Waals surface area contributed by atoms with Gasteiger partial charge in [0, 0.05) is 5.75 Å². The monoisotopic (exact) mass is 488 g/mol. The molecule has 1 aromatic carbocycles. The predicted octanol–water partition coefficient (Wildman–Crippen LogP) is 3.97. The number of carbonyl (C=O) groups excluding carboxylic acids is 2. The van der Waals surface area contributed by atoms with Crippen LogP contribution in [0.5, 0.6) is 0 Å². The van der Waals surface area contributed by atoms with Gasteiger partial charge in [-0.2, -0.15) is 0 Å². The number of esters is 1. The molecule has 33 heavy (non-hydrogen) atoms. The van der Waals surface area contributed by atoms with Gasteiger partial charge in [0.05, 0.1) is 12.3 Å². The van der Waals surface area contributed by atoms with Crippen LogP contribution in [0.4, 0.5) is 11.1 Å². The van der Waals surface area contributed by atoms with Crippen LogP contribution in [0, 0.1) is 12.8 Å². The predicted molar refractivity (Wildman–Crippen MR) is 131 cm³/mol. The molecule has 9 nitrogen and oxygen atoms in total. The zero-order valence-electron chi connectivity index (χ0n) is 19.1. The molecule has 3 aromatic rings. The highest BCUT2D eigenvalue weighted by molar-refractivity contribution is 7.99. The summed E-state index contributed by atoms with van der Waals surface area (Å²) in [5.74, 6) is 0.392. The van der Waals surface area contributed by atoms with Crippen LogP contribution in [0.3, 0.4) is 0 Å². The van der Waals surface area contributed by atoms with E-state index in [9.17, 15) is 9.59 Å². The molecule has 1 atom stereocenters. The number of nitrogens with one attached hydrogen (secondary N) is 1. The maximum Gasteiger partial charge on any atom is 0.350 e. The van der Waals surface area contributed by atoms with Crippen molar-refractivity contribution in [1.29, 1.82) is 0 Å². The molecule has 0 spiro atoms. The second kappa shape index (κ2) is 11.3. The highest BCUT2D eigenvalue weighted by atomic mass is 32.2. The summed E-state index contributed by atoms with van der Waals surface area (Å²) in [6.07, 6.45) is 0.854. The van der Waals surface area contributed by atoms with E-state index in [4.69, 9.17) is 10.5 Å². The Balaban J connectivity index is 1.64. The van der Waals surface area contributed by atoms with Crippen molar-refractivity contribution < 1.29 is 14.3 Å². The Kier molecular flexibility index (Phi) is 8.45. The molecule has 1 amide bonds. The number of hydrogen-bond donors (Lipinski definition) is 2. The van der Waals surface area contributed by atoms with Crippen molar-refractivity contribution in [3.05, 3.63) is 46.5 Å². The van der Waals surface area contributed by atoms with Gasteiger partial charge in [-0.1, -0.05) is 67.3 Å². The Hall–Kier alpha value is -2.92. The summed E-state index contributed by atoms with van der Waals surface area (Å²) in [7, 11) is 0. The van der Waals surface area contributed by atoms with Crippen LogP contribution in [-0.4, -0.2) is 44.0 Å². The lowest BCUT2D eigenvalue weighted by atomic mass is 10.2. The second-order valence-electron chi connectivity index (χ2n) is 7.89. The standard InChI is InChI=1S/C22H28N6O3S2/c1-13(2)12-31-19(30)17-14(3)24-21(33-17)25-18(29)15(4)28-20(23)26-27-22(28)32-11-10-16-8-6-5-7-9-16/h5-9,13,15H,10-12H2,1-4H3,(H2,23,26)(H,24,25,29). The number of ether oxygens (including phenoxy) is 1. The van der Waals surface area contributed by atoms with Crippen molar-refractivity contribution in [1.82, 2.24) is 19.7 Å². The fraction of sp³-hybridized carbons (Fsp3) is 0.409. The number of thioether (sulfide) groups is 1. The molecule has 0 fully saturated rings. The Morgan fingerprint density at radius 2 is 1.94 bits per heavy atom. The summed E-state index contributed by atoms with van der Waals surface area (Å²) in [5.41, 5.74) is 7.73. The van der Waals surface area contributed by atoms with E-state index < -0.39 is 12.0 Å². The van der Waals surface area contributed by atoms with E-state index >= 15 is 0 Å². The quantitative estimate of drug-likeness (QED) is 0.324. The number of rotatable bonds is 10. The lowest BCUT2D eigenvalue weighted by Crippen LogP contribution is -2.25. The molecule has 0 aliphatic heterocycles. The first-order valence-electron chi connectivity index (χ1n) is 10.6. The second-order valence-corrected chi connectivity index (χ2v) is 9.95. The van der Waals surface area contributed by atoms with Crippen LogP contribution < -0.4 is 11.1 Å². The van der Waals surface area contributed by atoms with Crippen molar-refractivity contribution in [3.8, 4) is 0 Å². The zero-order valence-corrected chi connectivity index (χ0v) is 20.7. The third-order valence-corrected chi connectivity index (χ3v) is 6.68. The maximum absolute atomic E-state index is 12.9. The molecule has 3 rings (SSSR count). The molecule has 0 bridgehead atoms. The minimum atomic E-state index is -0.667. The van der Waals surface area contributed by atoms with Gasteiger partial charge in [0.25, 0.3) is 0 Å². The minimum Gasteiger partial charge on any atom is -0.461 e. The SMILES string of the molecule is Cc1nc(NC(=O)C(C)n2c(N)nnc2SCCc2ccccc2)sc1C(=O)OCC(C)C. The van der Waals surface area contributed by atoms with Crippen LogP contribution in [0.1, 0.15) is 47.7 Å². The van der Waals surface area contributed by atoms with Crippen LogP contribution in [0.25, 0.3) is 0 Å². The minimum absolute atomic E-state index is 0.160. The van der Waals surface area contributed by atoms with Gasteiger partial charge in [-0.15, -0.1) is 10.2 Å². The van der Waals surface area contributed by atoms with E-state index in [1.54, 1.807) is 18.4 Å². The van der Waals surface area contributed by atoms with Crippen LogP contribution in [0.2, 0.25) is 0 Å². The van der Waals surface area contributed by atoms with Crippen LogP contribution >= 0.6 is 23.1 Å². The molecular weight excluding hydrogens is 460 g/mol. The van der Waals surface area contributed by atoms with Gasteiger partial charge in [-0.25, -0.2) is 9.78 Å². The Bertz CT molecular complexity index is 1100. The first-order chi connectivity index (χ1) is 15.8. The van der Waals surface area contributed by atoms with E-state index in [1.807, 2.05) is 32.0 Å². The molecule has 1 unspecified atom stereocenters. The van der Waals surface area contributed by atoms with E-state index in [0.717, 1.165) is 23.5 Å². The van der Waals surface area contributed by atoms with Gasteiger partial charge in [0.15, 0.2) is 10.3 Å². The van der Waals surface area contributed by atoms with Crippen LogP contribution in [-0.2, 0) is 16.0 Å². The number of hydrogen-bond acceptors (Lipinski definition) is 9. The summed E-state index contributed by atoms with van der Waals surface area (Å²) in [5, 5.41) is 11.7. The first-order valence-corrected chi connectivity index (χ1v) is 12.4. The molecule has 0 saturated heterocycles. The van der Waals surface area contributed by atoms with Gasteiger partial charge >= 0.3 is 5.97 Å². The number of aryl methyl sites for hydroxylation is 2. The number of anilines is 2. The number of benzene rings is 1. The largest absolute Gasteiger partial charge is 0.461 e. The van der Waals surface area contributed by atoms with Crippen molar-refractivity contribution in [2.75, 3.05) is 23.4 Å². The number of aromatic nitrogens is 4. The molecule has 2 aromatic heterocycles. The number of thiazole rings is 1. The Morgan fingerprint density at radius 3 is 2.64 bits per heavy atom. The third kappa shape index (κ3) is 6.55. The summed E-state index contributed by atoms with van der Waals surface area (Å²) in [6, 6.07) is 9.46. The van der Waals surface area contributed by atoms with E-state index in [-0.39, 0.29) is 17.8 Å². The normalized spacial score (nSPS) is 12.0. The smallest absolute Gasteiger partial charge is 0.350 e. The molecule has 0 aliphatic rings. The van der Waals surface area contributed by atoms with Gasteiger partial charge in [-0.3, -0.25) is 9.36 Å². The van der Waals surface area contributed by atoms with Gasteiger partial charge < -0.3 is 15.8 Å². The van der Waals surface area contributed by atoms with E-state index in [2.05, 4.69) is 32.6 Å². The Labute approximate surface area is 201 Å². The highest BCUT2D eigenvalue weighted by Crippen LogP contribution is 2.27. The summed E-state index contributed by atoms with van der Waals surface area (Å²) in [4.78, 5) is 29.9. The first kappa shape index (κ1) is 24.7. The number of nitrogen functional groups attached to an aromatic ring is 1. The fourth-order valence-corrected chi connectivity index (χ4v) is 4.80. The van der Waals surface area contributed by atoms with Gasteiger partial charge in [-0.05, 0) is 31.7 Å². The summed E-state index contributed by atoms with van der Waals surface area (Å²) < 4.78 is 6.88. The lowest BCUT2D eigenvalue weighted by Gasteiger charge is -2.15. The average molecular weight is 489 g/mol. The zero-order chi connectivity index (χ0) is 24.0. The van der Waals surface area contributed by atoms with Crippen molar-refractivity contribution >= 4 is 46.1 Å². The van der Waals surface area contributed by atoms with Gasteiger partial charge in [0.2, 0.25) is 11.9 Å². The van der Waals surface area contributed by atoms with Crippen molar-refractivity contribution in [2.24, 2.45) is 5.92 Å². The summed E-state index contributed by atoms with van der Waals surface area (Å²) >= 11 is 2.58. The maximum atomic E-state index is 12.9. The van der Waals surface area contributed by atoms with Crippen LogP contribution in [0.15, 0.2) is 35.5 Å². The molecule has 0 aliphatic carbocycles. The third-order valence-electron chi connectivity index (χ3n) is 4.68. The summed E-state index contributed by atoms with van der Waals surface area (Å²) in [6.45, 7) is 7.68.